The van der Waals surface area contributed by atoms with Gasteiger partial charge in [-0.3, -0.25) is 19.4 Å². The summed E-state index contributed by atoms with van der Waals surface area (Å²) < 4.78 is 6.66. The second-order valence-electron chi connectivity index (χ2n) is 7.63. The molecular weight excluding hydrogens is 372 g/mol. The third kappa shape index (κ3) is 3.93. The number of methoxy groups -OCH3 is 1. The van der Waals surface area contributed by atoms with Gasteiger partial charge >= 0.3 is 0 Å². The zero-order valence-electron chi connectivity index (χ0n) is 16.3. The number of nitrogens with one attached hydrogen (secondary N) is 1. The Hall–Kier alpha value is -3.00. The highest BCUT2D eigenvalue weighted by Crippen LogP contribution is 2.35. The first-order valence-electron chi connectivity index (χ1n) is 9.78. The first-order chi connectivity index (χ1) is 14.1. The highest BCUT2D eigenvalue weighted by atomic mass is 16.5. The maximum Gasteiger partial charge on any atom is 0.274 e. The molecular formula is C21H24N4O4. The summed E-state index contributed by atoms with van der Waals surface area (Å²) in [6.07, 6.45) is 4.39. The van der Waals surface area contributed by atoms with E-state index in [9.17, 15) is 14.4 Å². The van der Waals surface area contributed by atoms with Crippen LogP contribution in [0.4, 0.5) is 5.69 Å². The molecule has 4 rings (SSSR count). The molecule has 152 valence electrons. The Morgan fingerprint density at radius 3 is 2.86 bits per heavy atom. The van der Waals surface area contributed by atoms with Gasteiger partial charge in [-0.2, -0.15) is 0 Å². The number of carbonyl (C=O) groups excluding carboxylic acids is 2. The molecule has 2 aromatic rings. The summed E-state index contributed by atoms with van der Waals surface area (Å²) >= 11 is 0. The van der Waals surface area contributed by atoms with Crippen LogP contribution in [0.3, 0.4) is 0 Å². The number of likely N-dealkylation sites (tertiary alicyclic amines) is 1. The lowest BCUT2D eigenvalue weighted by Gasteiger charge is -2.42. The number of piperidine rings is 1. The Bertz CT molecular complexity index is 972. The molecule has 0 aromatic carbocycles. The summed E-state index contributed by atoms with van der Waals surface area (Å²) in [4.78, 5) is 43.6. The van der Waals surface area contributed by atoms with Crippen LogP contribution in [-0.4, -0.2) is 53.1 Å². The van der Waals surface area contributed by atoms with Crippen LogP contribution in [0.2, 0.25) is 0 Å². The van der Waals surface area contributed by atoms with Crippen molar-refractivity contribution >= 4 is 17.5 Å². The average molecular weight is 396 g/mol. The second kappa shape index (κ2) is 8.16. The summed E-state index contributed by atoms with van der Waals surface area (Å²) in [7, 11) is 1.53. The lowest BCUT2D eigenvalue weighted by atomic mass is 9.83. The average Bonchev–Trinajstić information content (AvgIpc) is 2.74. The number of carbonyl (C=O) groups is 2. The van der Waals surface area contributed by atoms with Gasteiger partial charge in [-0.1, -0.05) is 0 Å². The van der Waals surface area contributed by atoms with Crippen LogP contribution in [0, 0.1) is 5.92 Å². The van der Waals surface area contributed by atoms with Crippen LogP contribution >= 0.6 is 0 Å². The molecule has 1 fully saturated rings. The molecule has 2 aromatic heterocycles. The van der Waals surface area contributed by atoms with E-state index in [0.717, 1.165) is 12.1 Å². The first kappa shape index (κ1) is 19.3. The van der Waals surface area contributed by atoms with E-state index in [1.54, 1.807) is 35.2 Å². The summed E-state index contributed by atoms with van der Waals surface area (Å²) in [6, 6.07) is 7.10. The summed E-state index contributed by atoms with van der Waals surface area (Å²) in [5, 5.41) is 2.69. The van der Waals surface area contributed by atoms with Crippen molar-refractivity contribution in [1.82, 2.24) is 14.5 Å². The van der Waals surface area contributed by atoms with E-state index in [1.165, 1.54) is 7.11 Å². The zero-order chi connectivity index (χ0) is 20.4. The van der Waals surface area contributed by atoms with Crippen molar-refractivity contribution in [2.75, 3.05) is 32.1 Å². The molecule has 2 atom stereocenters. The van der Waals surface area contributed by atoms with Crippen molar-refractivity contribution in [2.24, 2.45) is 5.92 Å². The number of fused-ring (bicyclic) bond motifs is 4. The minimum absolute atomic E-state index is 0.0226. The maximum absolute atomic E-state index is 12.9. The third-order valence-corrected chi connectivity index (χ3v) is 5.61. The van der Waals surface area contributed by atoms with Crippen LogP contribution in [0.5, 0.6) is 0 Å². The fraction of sp³-hybridized carbons (Fsp3) is 0.429. The Kier molecular flexibility index (Phi) is 5.44. The molecule has 0 radical (unpaired) electrons. The molecule has 2 bridgehead atoms. The molecule has 8 nitrogen and oxygen atoms in total. The number of hydrogen-bond donors (Lipinski definition) is 1. The number of hydrogen-bond acceptors (Lipinski definition) is 5. The second-order valence-corrected chi connectivity index (χ2v) is 7.63. The largest absolute Gasteiger partial charge is 0.384 e. The van der Waals surface area contributed by atoms with Gasteiger partial charge in [0.15, 0.2) is 0 Å². The van der Waals surface area contributed by atoms with Crippen molar-refractivity contribution < 1.29 is 14.3 Å². The molecule has 2 amide bonds. The summed E-state index contributed by atoms with van der Waals surface area (Å²) in [6.45, 7) is 2.04. The van der Waals surface area contributed by atoms with Gasteiger partial charge < -0.3 is 19.5 Å². The Morgan fingerprint density at radius 1 is 1.24 bits per heavy atom. The van der Waals surface area contributed by atoms with Crippen LogP contribution in [0.1, 0.15) is 34.8 Å². The smallest absolute Gasteiger partial charge is 0.274 e. The standard InChI is InChI=1S/C21H24N4O4/c1-29-8-6-19(26)23-17-4-5-18-16-9-14(12-25(18)21(17)28)11-24(13-16)20(27)15-3-2-7-22-10-15/h2-5,7,10,14,16H,6,8-9,11-13H2,1H3,(H,23,26)/t14-,16-/m1/s1. The van der Waals surface area contributed by atoms with E-state index in [0.29, 0.717) is 31.8 Å². The van der Waals surface area contributed by atoms with E-state index >= 15 is 0 Å². The van der Waals surface area contributed by atoms with E-state index in [4.69, 9.17) is 4.74 Å². The van der Waals surface area contributed by atoms with Gasteiger partial charge in [0.05, 0.1) is 18.6 Å². The number of pyridine rings is 2. The fourth-order valence-electron chi connectivity index (χ4n) is 4.29. The van der Waals surface area contributed by atoms with Crippen molar-refractivity contribution in [2.45, 2.75) is 25.3 Å². The number of rotatable bonds is 5. The van der Waals surface area contributed by atoms with Gasteiger partial charge in [-0.15, -0.1) is 0 Å². The lowest BCUT2D eigenvalue weighted by Crippen LogP contribution is -2.49. The normalized spacial score (nSPS) is 20.1. The number of ether oxygens (including phenoxy) is 1. The molecule has 2 aliphatic heterocycles. The summed E-state index contributed by atoms with van der Waals surface area (Å²) in [5.41, 5.74) is 1.61. The maximum atomic E-state index is 12.9. The van der Waals surface area contributed by atoms with E-state index in [1.807, 2.05) is 11.0 Å². The van der Waals surface area contributed by atoms with Gasteiger partial charge in [-0.25, -0.2) is 0 Å². The lowest BCUT2D eigenvalue weighted by molar-refractivity contribution is -0.117. The van der Waals surface area contributed by atoms with Gasteiger partial charge in [0, 0.05) is 50.7 Å². The third-order valence-electron chi connectivity index (χ3n) is 5.61. The van der Waals surface area contributed by atoms with Gasteiger partial charge in [0.2, 0.25) is 5.91 Å². The molecule has 1 saturated heterocycles. The fourth-order valence-corrected chi connectivity index (χ4v) is 4.29. The molecule has 2 aliphatic rings. The number of anilines is 1. The number of aromatic nitrogens is 2. The highest BCUT2D eigenvalue weighted by molar-refractivity contribution is 5.94. The SMILES string of the molecule is COCCC(=O)Nc1ccc2n(c1=O)C[C@@H]1C[C@@H]2CN(C(=O)c2cccnc2)C1. The van der Waals surface area contributed by atoms with Crippen LogP contribution < -0.4 is 10.9 Å². The quantitative estimate of drug-likeness (QED) is 0.826. The molecule has 29 heavy (non-hydrogen) atoms. The van der Waals surface area contributed by atoms with E-state index in [-0.39, 0.29) is 41.3 Å². The predicted molar refractivity (Wildman–Crippen MR) is 107 cm³/mol. The Labute approximate surface area is 168 Å². The Morgan fingerprint density at radius 2 is 2.10 bits per heavy atom. The highest BCUT2D eigenvalue weighted by Gasteiger charge is 2.37. The van der Waals surface area contributed by atoms with Gasteiger partial charge in [-0.05, 0) is 36.6 Å². The molecule has 1 N–H and O–H groups in total. The Balaban J connectivity index is 1.54. The van der Waals surface area contributed by atoms with Crippen LogP contribution in [0.15, 0.2) is 41.5 Å². The number of amides is 2. The van der Waals surface area contributed by atoms with Crippen LogP contribution in [-0.2, 0) is 16.1 Å². The van der Waals surface area contributed by atoms with Gasteiger partial charge in [0.1, 0.15) is 5.69 Å². The zero-order valence-corrected chi connectivity index (χ0v) is 16.3. The summed E-state index contributed by atoms with van der Waals surface area (Å²) in [5.74, 6) is 0.0486. The molecule has 0 saturated carbocycles. The minimum atomic E-state index is -0.242. The monoisotopic (exact) mass is 396 g/mol. The molecule has 0 aliphatic carbocycles. The van der Waals surface area contributed by atoms with Gasteiger partial charge in [0.25, 0.3) is 11.5 Å². The van der Waals surface area contributed by atoms with Crippen molar-refractivity contribution in [3.63, 3.8) is 0 Å². The molecule has 0 spiro atoms. The molecule has 4 heterocycles. The van der Waals surface area contributed by atoms with Crippen molar-refractivity contribution in [3.8, 4) is 0 Å². The first-order valence-corrected chi connectivity index (χ1v) is 9.78. The minimum Gasteiger partial charge on any atom is -0.384 e. The topological polar surface area (TPSA) is 93.5 Å². The molecule has 0 unspecified atom stereocenters. The molecule has 8 heteroatoms. The van der Waals surface area contributed by atoms with Crippen molar-refractivity contribution in [3.05, 3.63) is 58.3 Å². The van der Waals surface area contributed by atoms with E-state index in [2.05, 4.69) is 10.3 Å². The number of nitrogens with zero attached hydrogens (tertiary/aromatic N) is 3. The van der Waals surface area contributed by atoms with Crippen molar-refractivity contribution in [1.29, 1.82) is 0 Å². The van der Waals surface area contributed by atoms with Crippen LogP contribution in [0.25, 0.3) is 0 Å². The van der Waals surface area contributed by atoms with E-state index < -0.39 is 0 Å². The predicted octanol–water partition coefficient (Wildman–Crippen LogP) is 1.48.